The van der Waals surface area contributed by atoms with E-state index in [-0.39, 0.29) is 17.8 Å². The maximum Gasteiger partial charge on any atom is 0.309 e. The van der Waals surface area contributed by atoms with Crippen LogP contribution in [0.4, 0.5) is 0 Å². The van der Waals surface area contributed by atoms with E-state index >= 15 is 0 Å². The summed E-state index contributed by atoms with van der Waals surface area (Å²) >= 11 is 0. The van der Waals surface area contributed by atoms with E-state index in [1.54, 1.807) is 7.11 Å². The van der Waals surface area contributed by atoms with E-state index in [9.17, 15) is 4.79 Å². The first-order valence-electron chi connectivity index (χ1n) is 6.18. The quantitative estimate of drug-likeness (QED) is 0.826. The number of hydrogen-bond acceptors (Lipinski definition) is 4. The molecule has 0 bridgehead atoms. The molecule has 1 aliphatic heterocycles. The minimum Gasteiger partial charge on any atom is -0.497 e. The summed E-state index contributed by atoms with van der Waals surface area (Å²) in [6, 6.07) is 7.90. The van der Waals surface area contributed by atoms with Gasteiger partial charge in [0.25, 0.3) is 0 Å². The summed E-state index contributed by atoms with van der Waals surface area (Å²) in [5.41, 5.74) is 1.15. The number of methoxy groups -OCH3 is 2. The van der Waals surface area contributed by atoms with Gasteiger partial charge in [-0.1, -0.05) is 12.1 Å². The lowest BCUT2D eigenvalue weighted by Gasteiger charge is -2.30. The van der Waals surface area contributed by atoms with Crippen molar-refractivity contribution in [3.8, 4) is 5.75 Å². The molecule has 1 heterocycles. The predicted octanol–water partition coefficient (Wildman–Crippen LogP) is 1.56. The molecule has 0 aliphatic carbocycles. The van der Waals surface area contributed by atoms with Gasteiger partial charge in [-0.3, -0.25) is 4.79 Å². The number of nitrogens with one attached hydrogen (secondary N) is 1. The molecule has 98 valence electrons. The first kappa shape index (κ1) is 12.9. The number of esters is 1. The molecule has 0 saturated carbocycles. The second-order valence-electron chi connectivity index (χ2n) is 4.50. The van der Waals surface area contributed by atoms with Crippen LogP contribution in [0.25, 0.3) is 0 Å². The molecule has 1 aromatic rings. The van der Waals surface area contributed by atoms with Crippen LogP contribution in [-0.4, -0.2) is 33.3 Å². The van der Waals surface area contributed by atoms with Crippen molar-refractivity contribution >= 4 is 5.97 Å². The summed E-state index contributed by atoms with van der Waals surface area (Å²) in [7, 11) is 3.10. The van der Waals surface area contributed by atoms with Gasteiger partial charge in [0.05, 0.1) is 20.1 Å². The van der Waals surface area contributed by atoms with Crippen molar-refractivity contribution in [3.63, 3.8) is 0 Å². The Balaban J connectivity index is 2.19. The summed E-state index contributed by atoms with van der Waals surface area (Å²) in [6.45, 7) is 1.68. The van der Waals surface area contributed by atoms with Gasteiger partial charge in [0.15, 0.2) is 0 Å². The number of benzene rings is 1. The predicted molar refractivity (Wildman–Crippen MR) is 68.7 cm³/mol. The van der Waals surface area contributed by atoms with Crippen LogP contribution in [0.1, 0.15) is 17.9 Å². The van der Waals surface area contributed by atoms with Crippen molar-refractivity contribution in [1.82, 2.24) is 5.32 Å². The second-order valence-corrected chi connectivity index (χ2v) is 4.50. The lowest BCUT2D eigenvalue weighted by Crippen LogP contribution is -2.39. The Morgan fingerprint density at radius 3 is 2.61 bits per heavy atom. The summed E-state index contributed by atoms with van der Waals surface area (Å²) < 4.78 is 10.0. The van der Waals surface area contributed by atoms with Crippen molar-refractivity contribution in [3.05, 3.63) is 29.8 Å². The topological polar surface area (TPSA) is 47.6 Å². The van der Waals surface area contributed by atoms with Crippen molar-refractivity contribution in [2.45, 2.75) is 12.3 Å². The highest BCUT2D eigenvalue weighted by molar-refractivity contribution is 5.73. The van der Waals surface area contributed by atoms with Crippen LogP contribution in [0, 0.1) is 5.92 Å². The zero-order valence-corrected chi connectivity index (χ0v) is 10.8. The molecule has 1 aliphatic rings. The molecule has 1 fully saturated rings. The van der Waals surface area contributed by atoms with Gasteiger partial charge in [0.1, 0.15) is 5.75 Å². The van der Waals surface area contributed by atoms with E-state index < -0.39 is 0 Å². The number of carbonyl (C=O) groups is 1. The molecular weight excluding hydrogens is 230 g/mol. The number of rotatable bonds is 3. The fourth-order valence-corrected chi connectivity index (χ4v) is 2.49. The molecule has 0 radical (unpaired) electrons. The summed E-state index contributed by atoms with van der Waals surface area (Å²) in [6.07, 6.45) is 0.823. The van der Waals surface area contributed by atoms with Crippen LogP contribution in [0.5, 0.6) is 5.75 Å². The molecule has 1 aromatic carbocycles. The fourth-order valence-electron chi connectivity index (χ4n) is 2.49. The third-order valence-corrected chi connectivity index (χ3v) is 3.53. The van der Waals surface area contributed by atoms with Gasteiger partial charge in [0.2, 0.25) is 0 Å². The van der Waals surface area contributed by atoms with E-state index in [2.05, 4.69) is 5.32 Å². The molecule has 0 spiro atoms. The highest BCUT2D eigenvalue weighted by Gasteiger charge is 2.32. The fraction of sp³-hybridized carbons (Fsp3) is 0.500. The van der Waals surface area contributed by atoms with Gasteiger partial charge in [-0.25, -0.2) is 0 Å². The number of ether oxygens (including phenoxy) is 2. The van der Waals surface area contributed by atoms with Crippen LogP contribution >= 0.6 is 0 Å². The van der Waals surface area contributed by atoms with Gasteiger partial charge >= 0.3 is 5.97 Å². The van der Waals surface area contributed by atoms with Gasteiger partial charge in [-0.2, -0.15) is 0 Å². The first-order chi connectivity index (χ1) is 8.76. The Hall–Kier alpha value is -1.55. The molecule has 4 nitrogen and oxygen atoms in total. The Morgan fingerprint density at radius 1 is 1.28 bits per heavy atom. The molecule has 4 heteroatoms. The zero-order chi connectivity index (χ0) is 13.0. The monoisotopic (exact) mass is 249 g/mol. The summed E-state index contributed by atoms with van der Waals surface area (Å²) in [5.74, 6) is 0.844. The standard InChI is InChI=1S/C14H19NO3/c1-17-11-5-3-10(4-6-11)13-9-15-8-7-12(13)14(16)18-2/h3-6,12-13,15H,7-9H2,1-2H3/t12-,13-/m1/s1. The zero-order valence-electron chi connectivity index (χ0n) is 10.8. The van der Waals surface area contributed by atoms with Crippen LogP contribution in [0.15, 0.2) is 24.3 Å². The maximum atomic E-state index is 11.8. The molecule has 0 unspecified atom stereocenters. The van der Waals surface area contributed by atoms with Crippen molar-refractivity contribution in [2.75, 3.05) is 27.3 Å². The van der Waals surface area contributed by atoms with E-state index in [0.717, 1.165) is 30.8 Å². The second kappa shape index (κ2) is 5.87. The molecule has 2 atom stereocenters. The third kappa shape index (κ3) is 2.64. The summed E-state index contributed by atoms with van der Waals surface area (Å²) in [5, 5.41) is 3.33. The van der Waals surface area contributed by atoms with Crippen LogP contribution < -0.4 is 10.1 Å². The molecule has 0 aromatic heterocycles. The van der Waals surface area contributed by atoms with Crippen LogP contribution in [0.2, 0.25) is 0 Å². The van der Waals surface area contributed by atoms with E-state index in [4.69, 9.17) is 9.47 Å². The number of carbonyl (C=O) groups excluding carboxylic acids is 1. The van der Waals surface area contributed by atoms with Gasteiger partial charge in [-0.05, 0) is 30.7 Å². The smallest absolute Gasteiger partial charge is 0.309 e. The van der Waals surface area contributed by atoms with Crippen molar-refractivity contribution in [2.24, 2.45) is 5.92 Å². The van der Waals surface area contributed by atoms with Crippen molar-refractivity contribution < 1.29 is 14.3 Å². The molecule has 1 N–H and O–H groups in total. The minimum atomic E-state index is -0.114. The van der Waals surface area contributed by atoms with Gasteiger partial charge < -0.3 is 14.8 Å². The lowest BCUT2D eigenvalue weighted by molar-refractivity contribution is -0.147. The van der Waals surface area contributed by atoms with Gasteiger partial charge in [0, 0.05) is 12.5 Å². The molecule has 1 saturated heterocycles. The molecule has 18 heavy (non-hydrogen) atoms. The molecular formula is C14H19NO3. The highest BCUT2D eigenvalue weighted by atomic mass is 16.5. The van der Waals surface area contributed by atoms with E-state index in [1.807, 2.05) is 24.3 Å². The Labute approximate surface area is 107 Å². The Morgan fingerprint density at radius 2 is 2.00 bits per heavy atom. The van der Waals surface area contributed by atoms with E-state index in [1.165, 1.54) is 7.11 Å². The average Bonchev–Trinajstić information content (AvgIpc) is 2.46. The lowest BCUT2D eigenvalue weighted by atomic mass is 9.81. The Bertz CT molecular complexity index is 402. The minimum absolute atomic E-state index is 0.0513. The molecule has 2 rings (SSSR count). The SMILES string of the molecule is COC(=O)[C@@H]1CCNC[C@@H]1c1ccc(OC)cc1. The normalized spacial score (nSPS) is 23.4. The Kier molecular flexibility index (Phi) is 4.20. The number of piperidine rings is 1. The van der Waals surface area contributed by atoms with Crippen LogP contribution in [-0.2, 0) is 9.53 Å². The maximum absolute atomic E-state index is 11.8. The third-order valence-electron chi connectivity index (χ3n) is 3.53. The highest BCUT2D eigenvalue weighted by Crippen LogP contribution is 2.31. The largest absolute Gasteiger partial charge is 0.497 e. The first-order valence-corrected chi connectivity index (χ1v) is 6.18. The van der Waals surface area contributed by atoms with Crippen molar-refractivity contribution in [1.29, 1.82) is 0 Å². The average molecular weight is 249 g/mol. The van der Waals surface area contributed by atoms with E-state index in [0.29, 0.717) is 0 Å². The van der Waals surface area contributed by atoms with Gasteiger partial charge in [-0.15, -0.1) is 0 Å². The summed E-state index contributed by atoms with van der Waals surface area (Å²) in [4.78, 5) is 11.8. The van der Waals surface area contributed by atoms with Crippen LogP contribution in [0.3, 0.4) is 0 Å². The number of hydrogen-bond donors (Lipinski definition) is 1. The molecule has 0 amide bonds.